The molecule has 1 N–H and O–H groups in total. The number of carbonyl (C=O) groups excluding carboxylic acids is 1. The largest absolute Gasteiger partial charge is 0.417 e. The number of allylic oxidation sites excluding steroid dienone is 1. The summed E-state index contributed by atoms with van der Waals surface area (Å²) in [5, 5.41) is -0.865. The van der Waals surface area contributed by atoms with Gasteiger partial charge in [0.15, 0.2) is 0 Å². The third-order valence-corrected chi connectivity index (χ3v) is 5.91. The molecule has 1 amide bonds. The molecule has 35 heavy (non-hydrogen) atoms. The van der Waals surface area contributed by atoms with Gasteiger partial charge in [0.25, 0.3) is 5.91 Å². The van der Waals surface area contributed by atoms with Gasteiger partial charge in [-0.05, 0) is 48.0 Å². The molecule has 13 heteroatoms. The van der Waals surface area contributed by atoms with E-state index in [4.69, 9.17) is 34.8 Å². The van der Waals surface area contributed by atoms with Crippen molar-refractivity contribution in [3.05, 3.63) is 98.3 Å². The molecule has 1 unspecified atom stereocenters. The Bertz CT molecular complexity index is 1250. The number of nitrogens with one attached hydrogen (secondary N) is 1. The second-order valence-corrected chi connectivity index (χ2v) is 8.31. The van der Waals surface area contributed by atoms with Gasteiger partial charge in [-0.3, -0.25) is 14.9 Å². The van der Waals surface area contributed by atoms with Crippen molar-refractivity contribution in [2.45, 2.75) is 18.3 Å². The molecule has 0 aliphatic carbocycles. The summed E-state index contributed by atoms with van der Waals surface area (Å²) < 4.78 is 97.9. The number of benzene rings is 2. The van der Waals surface area contributed by atoms with E-state index in [-0.39, 0.29) is 27.2 Å². The first-order valence-electron chi connectivity index (χ1n) is 9.43. The zero-order valence-electron chi connectivity index (χ0n) is 17.0. The van der Waals surface area contributed by atoms with Crippen molar-refractivity contribution < 1.29 is 35.5 Å². The number of hydrogen-bond acceptors (Lipinski definition) is 1. The van der Waals surface area contributed by atoms with E-state index in [9.17, 15) is 35.5 Å². The van der Waals surface area contributed by atoms with Gasteiger partial charge < -0.3 is 0 Å². The third-order valence-electron chi connectivity index (χ3n) is 4.71. The van der Waals surface area contributed by atoms with Crippen LogP contribution in [0.1, 0.15) is 33.0 Å². The normalized spacial score (nSPS) is 13.6. The van der Waals surface area contributed by atoms with E-state index in [1.165, 1.54) is 24.5 Å². The number of carbonyl (C=O) groups is 1. The van der Waals surface area contributed by atoms with Gasteiger partial charge in [-0.25, -0.2) is 4.39 Å². The topological polar surface area (TPSA) is 34.0 Å². The molecule has 1 heterocycles. The van der Waals surface area contributed by atoms with Crippen LogP contribution in [0.5, 0.6) is 0 Å². The Morgan fingerprint density at radius 1 is 0.943 bits per heavy atom. The second-order valence-electron chi connectivity index (χ2n) is 7.12. The maximum Gasteiger partial charge on any atom is 0.417 e. The monoisotopic (exact) mass is 558 g/mol. The van der Waals surface area contributed by atoms with E-state index in [1.54, 1.807) is 0 Å². The van der Waals surface area contributed by atoms with Gasteiger partial charge in [-0.15, -0.1) is 0 Å². The number of hydrogen-bond donors (Lipinski definition) is 1. The summed E-state index contributed by atoms with van der Waals surface area (Å²) in [6.07, 6.45) is -7.37. The molecule has 3 aromatic rings. The Labute approximate surface area is 208 Å². The van der Waals surface area contributed by atoms with E-state index in [2.05, 4.69) is 5.43 Å². The summed E-state index contributed by atoms with van der Waals surface area (Å²) in [6, 6.07) is 6.36. The lowest BCUT2D eigenvalue weighted by atomic mass is 9.95. The Morgan fingerprint density at radius 2 is 1.51 bits per heavy atom. The molecule has 0 aliphatic heterocycles. The molecule has 0 bridgehead atoms. The predicted octanol–water partition coefficient (Wildman–Crippen LogP) is 8.51. The lowest BCUT2D eigenvalue weighted by Gasteiger charge is -2.19. The van der Waals surface area contributed by atoms with Gasteiger partial charge in [0.2, 0.25) is 0 Å². The maximum absolute atomic E-state index is 14.9. The van der Waals surface area contributed by atoms with E-state index >= 15 is 0 Å². The van der Waals surface area contributed by atoms with Crippen LogP contribution in [0.15, 0.2) is 60.9 Å². The molecule has 0 aliphatic rings. The summed E-state index contributed by atoms with van der Waals surface area (Å²) in [7, 11) is 0. The summed E-state index contributed by atoms with van der Waals surface area (Å²) in [5.41, 5.74) is -1.62. The average Bonchev–Trinajstić information content (AvgIpc) is 3.26. The van der Waals surface area contributed by atoms with Gasteiger partial charge in [-0.1, -0.05) is 40.9 Å². The molecule has 3 rings (SSSR count). The molecular formula is C22H12Cl3F7N2O. The van der Waals surface area contributed by atoms with Crippen molar-refractivity contribution in [2.75, 3.05) is 5.43 Å². The quantitative estimate of drug-likeness (QED) is 0.247. The van der Waals surface area contributed by atoms with Crippen molar-refractivity contribution in [3.8, 4) is 0 Å². The molecule has 0 radical (unpaired) electrons. The fourth-order valence-electron chi connectivity index (χ4n) is 3.09. The summed E-state index contributed by atoms with van der Waals surface area (Å²) in [6.45, 7) is 0. The van der Waals surface area contributed by atoms with Crippen molar-refractivity contribution >= 4 is 46.5 Å². The van der Waals surface area contributed by atoms with Crippen molar-refractivity contribution in [1.29, 1.82) is 0 Å². The number of rotatable bonds is 5. The highest BCUT2D eigenvalue weighted by Gasteiger charge is 2.41. The highest BCUT2D eigenvalue weighted by atomic mass is 35.5. The molecule has 2 aromatic carbocycles. The van der Waals surface area contributed by atoms with E-state index in [1.807, 2.05) is 0 Å². The molecule has 0 saturated heterocycles. The number of alkyl halides is 6. The minimum absolute atomic E-state index is 0.0882. The fraction of sp³-hybridized carbons (Fsp3) is 0.136. The first-order valence-corrected chi connectivity index (χ1v) is 10.6. The fourth-order valence-corrected chi connectivity index (χ4v) is 3.70. The van der Waals surface area contributed by atoms with E-state index < -0.39 is 52.3 Å². The van der Waals surface area contributed by atoms with Gasteiger partial charge >= 0.3 is 12.4 Å². The zero-order chi connectivity index (χ0) is 26.1. The molecule has 1 aromatic heterocycles. The Balaban J connectivity index is 2.05. The van der Waals surface area contributed by atoms with Crippen molar-refractivity contribution in [3.63, 3.8) is 0 Å². The molecule has 0 fully saturated rings. The zero-order valence-corrected chi connectivity index (χ0v) is 19.3. The lowest BCUT2D eigenvalue weighted by molar-refractivity contribution is -0.140. The molecule has 0 spiro atoms. The minimum Gasteiger partial charge on any atom is -0.268 e. The molecular weight excluding hydrogens is 548 g/mol. The van der Waals surface area contributed by atoms with Crippen molar-refractivity contribution in [1.82, 2.24) is 4.68 Å². The van der Waals surface area contributed by atoms with Crippen LogP contribution in [0.3, 0.4) is 0 Å². The van der Waals surface area contributed by atoms with E-state index in [0.29, 0.717) is 6.07 Å². The Morgan fingerprint density at radius 3 is 2.03 bits per heavy atom. The molecule has 186 valence electrons. The Hall–Kier alpha value is -2.69. The van der Waals surface area contributed by atoms with Crippen LogP contribution in [-0.2, 0) is 6.18 Å². The second kappa shape index (κ2) is 10.1. The van der Waals surface area contributed by atoms with Crippen LogP contribution in [0, 0.1) is 0 Å². The highest BCUT2D eigenvalue weighted by Crippen LogP contribution is 2.42. The summed E-state index contributed by atoms with van der Waals surface area (Å²) >= 11 is 17.3. The first-order chi connectivity index (χ1) is 16.2. The number of nitrogens with zero attached hydrogens (tertiary/aromatic N) is 1. The summed E-state index contributed by atoms with van der Waals surface area (Å²) in [4.78, 5) is 12.3. The van der Waals surface area contributed by atoms with Crippen LogP contribution in [-0.4, -0.2) is 16.8 Å². The standard InChI is InChI=1S/C22H12Cl3F7N2O/c23-16-8-12(9-17(24)19(16)25)14(21(27,28)29)10-18(26)11-3-4-13(15(7-11)22(30,31)32)20(35)33-34-5-1-2-6-34/h1-10,14H,(H,33,35)/b18-10-. The number of halogens is 10. The average molecular weight is 560 g/mol. The van der Waals surface area contributed by atoms with Crippen molar-refractivity contribution in [2.24, 2.45) is 0 Å². The highest BCUT2D eigenvalue weighted by molar-refractivity contribution is 6.48. The van der Waals surface area contributed by atoms with Crippen LogP contribution < -0.4 is 5.43 Å². The maximum atomic E-state index is 14.9. The smallest absolute Gasteiger partial charge is 0.268 e. The Kier molecular flexibility index (Phi) is 7.78. The number of amides is 1. The number of aromatic nitrogens is 1. The van der Waals surface area contributed by atoms with Crippen LogP contribution >= 0.6 is 34.8 Å². The summed E-state index contributed by atoms with van der Waals surface area (Å²) in [5.74, 6) is -5.39. The van der Waals surface area contributed by atoms with Crippen LogP contribution in [0.4, 0.5) is 30.7 Å². The van der Waals surface area contributed by atoms with Gasteiger partial charge in [0, 0.05) is 18.0 Å². The molecule has 3 nitrogen and oxygen atoms in total. The third kappa shape index (κ3) is 6.31. The minimum atomic E-state index is -5.11. The predicted molar refractivity (Wildman–Crippen MR) is 119 cm³/mol. The molecule has 1 atom stereocenters. The van der Waals surface area contributed by atoms with E-state index in [0.717, 1.165) is 22.9 Å². The van der Waals surface area contributed by atoms with Gasteiger partial charge in [0.05, 0.1) is 26.2 Å². The van der Waals surface area contributed by atoms with Gasteiger partial charge in [-0.2, -0.15) is 26.3 Å². The lowest BCUT2D eigenvalue weighted by Crippen LogP contribution is -2.24. The SMILES string of the molecule is O=C(Nn1cccc1)c1ccc(/C(F)=C/C(c2cc(Cl)c(Cl)c(Cl)c2)C(F)(F)F)cc1C(F)(F)F. The van der Waals surface area contributed by atoms with Crippen LogP contribution in [0.25, 0.3) is 5.83 Å². The first kappa shape index (κ1) is 26.9. The molecule has 0 saturated carbocycles. The van der Waals surface area contributed by atoms with Gasteiger partial charge in [0.1, 0.15) is 11.7 Å². The van der Waals surface area contributed by atoms with Crippen LogP contribution in [0.2, 0.25) is 15.1 Å².